The van der Waals surface area contributed by atoms with Crippen LogP contribution in [0, 0.1) is 55.4 Å². The molecule has 0 fully saturated rings. The zero-order valence-corrected chi connectivity index (χ0v) is 42.6. The quantitative estimate of drug-likeness (QED) is 0.0947. The fourth-order valence-corrected chi connectivity index (χ4v) is 14.7. The number of hydrogen-bond donors (Lipinski definition) is 0. The Balaban J connectivity index is 1.50. The smallest absolute Gasteiger partial charge is 0.134 e. The maximum atomic E-state index is 8.23. The predicted molar refractivity (Wildman–Crippen MR) is 286 cm³/mol. The van der Waals surface area contributed by atoms with Gasteiger partial charge in [0.1, 0.15) is 0 Å². The molecular formula is C62H62Cl2Si. The molecule has 0 nitrogen and oxygen atoms in total. The zero-order chi connectivity index (χ0) is 46.4. The Hall–Kier alpha value is -5.44. The van der Waals surface area contributed by atoms with Crippen LogP contribution in [-0.4, -0.2) is 6.69 Å². The molecule has 0 radical (unpaired) electrons. The molecule has 0 bridgehead atoms. The van der Waals surface area contributed by atoms with Crippen molar-refractivity contribution in [3.63, 3.8) is 0 Å². The van der Waals surface area contributed by atoms with Crippen LogP contribution < -0.4 is 10.4 Å². The molecule has 3 heteroatoms. The molecule has 65 heavy (non-hydrogen) atoms. The van der Waals surface area contributed by atoms with Crippen LogP contribution in [-0.2, 0) is 18.3 Å². The molecular weight excluding hydrogens is 844 g/mol. The second kappa shape index (κ2) is 18.4. The number of aryl methyl sites for hydroxylation is 8. The van der Waals surface area contributed by atoms with Crippen LogP contribution in [0.15, 0.2) is 152 Å². The Bertz CT molecular complexity index is 2680. The van der Waals surface area contributed by atoms with Gasteiger partial charge in [-0.15, -0.1) is 22.2 Å². The maximum absolute atomic E-state index is 8.23. The fraction of sp³-hybridized carbons (Fsp3) is 0.226. The van der Waals surface area contributed by atoms with Crippen LogP contribution >= 0.6 is 22.2 Å². The lowest BCUT2D eigenvalue weighted by Gasteiger charge is -2.31. The van der Waals surface area contributed by atoms with Gasteiger partial charge in [0.05, 0.1) is 0 Å². The molecule has 0 amide bonds. The van der Waals surface area contributed by atoms with Crippen molar-refractivity contribution in [3.05, 3.63) is 224 Å². The predicted octanol–water partition coefficient (Wildman–Crippen LogP) is 16.3. The van der Waals surface area contributed by atoms with E-state index in [2.05, 4.69) is 228 Å². The summed E-state index contributed by atoms with van der Waals surface area (Å²) < 4.78 is 0. The highest BCUT2D eigenvalue weighted by molar-refractivity contribution is 7.56. The summed E-state index contributed by atoms with van der Waals surface area (Å²) in [6, 6.07) is 55.8. The molecule has 0 heterocycles. The molecule has 0 aliphatic heterocycles. The first-order valence-corrected chi connectivity index (χ1v) is 27.1. The molecule has 0 aliphatic rings. The molecule has 0 atom stereocenters. The van der Waals surface area contributed by atoms with Gasteiger partial charge in [-0.1, -0.05) is 172 Å². The summed E-state index contributed by atoms with van der Waals surface area (Å²) in [6.45, 7) is 21.5. The molecule has 8 rings (SSSR count). The average Bonchev–Trinajstić information content (AvgIpc) is 3.25. The van der Waals surface area contributed by atoms with Gasteiger partial charge in [-0.25, -0.2) is 0 Å². The van der Waals surface area contributed by atoms with Crippen LogP contribution in [0.1, 0.15) is 93.1 Å². The molecule has 0 N–H and O–H groups in total. The van der Waals surface area contributed by atoms with E-state index in [9.17, 15) is 0 Å². The Morgan fingerprint density at radius 1 is 0.369 bits per heavy atom. The molecule has 8 aromatic carbocycles. The molecule has 0 aromatic heterocycles. The largest absolute Gasteiger partial charge is 0.311 e. The van der Waals surface area contributed by atoms with Gasteiger partial charge in [0.25, 0.3) is 0 Å². The highest BCUT2D eigenvalue weighted by Crippen LogP contribution is 2.43. The second-order valence-corrected chi connectivity index (χ2v) is 25.7. The highest BCUT2D eigenvalue weighted by Gasteiger charge is 2.39. The first-order chi connectivity index (χ1) is 31.0. The monoisotopic (exact) mass is 904 g/mol. The van der Waals surface area contributed by atoms with E-state index < -0.39 is 6.69 Å². The van der Waals surface area contributed by atoms with Gasteiger partial charge in [0, 0.05) is 0 Å². The molecule has 8 aromatic rings. The van der Waals surface area contributed by atoms with E-state index in [1.165, 1.54) is 117 Å². The van der Waals surface area contributed by atoms with Crippen LogP contribution in [0.5, 0.6) is 0 Å². The van der Waals surface area contributed by atoms with Crippen molar-refractivity contribution >= 4 is 39.2 Å². The highest BCUT2D eigenvalue weighted by atomic mass is 35.7. The lowest BCUT2D eigenvalue weighted by molar-refractivity contribution is 0.589. The third-order valence-electron chi connectivity index (χ3n) is 13.7. The van der Waals surface area contributed by atoms with Crippen molar-refractivity contribution < 1.29 is 0 Å². The van der Waals surface area contributed by atoms with Crippen molar-refractivity contribution in [1.29, 1.82) is 0 Å². The molecule has 0 spiro atoms. The van der Waals surface area contributed by atoms with Gasteiger partial charge in [0.15, 0.2) is 0 Å². The lowest BCUT2D eigenvalue weighted by atomic mass is 9.79. The van der Waals surface area contributed by atoms with E-state index in [-0.39, 0.29) is 5.41 Å². The number of benzene rings is 8. The van der Waals surface area contributed by atoms with Crippen LogP contribution in [0.25, 0.3) is 44.5 Å². The maximum Gasteiger partial charge on any atom is 0.311 e. The van der Waals surface area contributed by atoms with Gasteiger partial charge in [0.2, 0.25) is 0 Å². The summed E-state index contributed by atoms with van der Waals surface area (Å²) >= 11 is 16.5. The van der Waals surface area contributed by atoms with Crippen molar-refractivity contribution in [2.24, 2.45) is 0 Å². The molecule has 0 saturated heterocycles. The van der Waals surface area contributed by atoms with E-state index in [4.69, 9.17) is 22.2 Å². The van der Waals surface area contributed by atoms with Gasteiger partial charge < -0.3 is 0 Å². The first kappa shape index (κ1) is 46.1. The van der Waals surface area contributed by atoms with Crippen LogP contribution in [0.4, 0.5) is 0 Å². The average molecular weight is 906 g/mol. The lowest BCUT2D eigenvalue weighted by Crippen LogP contribution is -2.52. The van der Waals surface area contributed by atoms with Gasteiger partial charge in [-0.2, -0.15) is 0 Å². The minimum atomic E-state index is -3.46. The van der Waals surface area contributed by atoms with Crippen molar-refractivity contribution in [1.82, 2.24) is 0 Å². The summed E-state index contributed by atoms with van der Waals surface area (Å²) in [5, 5.41) is 2.08. The Kier molecular flexibility index (Phi) is 13.1. The second-order valence-electron chi connectivity index (χ2n) is 19.4. The third-order valence-corrected chi connectivity index (χ3v) is 18.5. The van der Waals surface area contributed by atoms with Gasteiger partial charge >= 0.3 is 6.69 Å². The minimum Gasteiger partial charge on any atom is -0.134 e. The van der Waals surface area contributed by atoms with Gasteiger partial charge in [-0.05, 0) is 201 Å². The van der Waals surface area contributed by atoms with Crippen molar-refractivity contribution in [2.75, 3.05) is 0 Å². The topological polar surface area (TPSA) is 0 Å². The number of halogens is 2. The van der Waals surface area contributed by atoms with Crippen molar-refractivity contribution in [2.45, 2.75) is 94.4 Å². The summed E-state index contributed by atoms with van der Waals surface area (Å²) in [5.41, 5.74) is 26.3. The van der Waals surface area contributed by atoms with E-state index in [0.717, 1.165) is 10.4 Å². The Morgan fingerprint density at radius 3 is 0.923 bits per heavy atom. The minimum absolute atomic E-state index is 0.166. The SMILES string of the molecule is Cc1cccc(C)c1-c1cccc(-c2c(C)cccc2C)c1Cc1cc(C(C)(C)C)cc(Cc2c(-c3c(C)cccc3C)cccc2-c2c(C)cccc2C)c1[Si](Cl)(Cl)c1ccccc1. The fourth-order valence-electron chi connectivity index (χ4n) is 10.5. The summed E-state index contributed by atoms with van der Waals surface area (Å²) in [6.07, 6.45) is 1.31. The van der Waals surface area contributed by atoms with Gasteiger partial charge in [-0.3, -0.25) is 0 Å². The Labute approximate surface area is 399 Å². The Morgan fingerprint density at radius 2 is 0.646 bits per heavy atom. The molecule has 0 saturated carbocycles. The molecule has 0 unspecified atom stereocenters. The van der Waals surface area contributed by atoms with E-state index >= 15 is 0 Å². The normalized spacial score (nSPS) is 11.9. The van der Waals surface area contributed by atoms with Crippen molar-refractivity contribution in [3.8, 4) is 44.5 Å². The summed E-state index contributed by atoms with van der Waals surface area (Å²) in [7, 11) is 0. The standard InChI is InChI=1S/C62H62Cl2Si/c1-39-21-15-22-40(2)57(39)51-31-19-32-52(58-41(3)23-16-24-42(58)4)55(51)37-47-35-49(62(9,10)11)36-48(61(47)65(63,64)50-29-13-12-14-30-50)38-56-53(59-43(5)25-17-26-44(59)6)33-20-34-54(56)60-45(7)27-18-28-46(60)8/h12-36H,37-38H2,1-11H3. The van der Waals surface area contributed by atoms with Crippen LogP contribution in [0.3, 0.4) is 0 Å². The summed E-state index contributed by atoms with van der Waals surface area (Å²) in [5.74, 6) is 0. The third kappa shape index (κ3) is 8.96. The zero-order valence-electron chi connectivity index (χ0n) is 40.1. The molecule has 328 valence electrons. The van der Waals surface area contributed by atoms with E-state index in [1.807, 2.05) is 0 Å². The van der Waals surface area contributed by atoms with E-state index in [1.54, 1.807) is 0 Å². The number of hydrogen-bond acceptors (Lipinski definition) is 0. The summed E-state index contributed by atoms with van der Waals surface area (Å²) in [4.78, 5) is 0. The number of rotatable bonds is 10. The van der Waals surface area contributed by atoms with Crippen LogP contribution in [0.2, 0.25) is 0 Å². The first-order valence-electron chi connectivity index (χ1n) is 23.1. The van der Waals surface area contributed by atoms with E-state index in [0.29, 0.717) is 12.8 Å². The molecule has 0 aliphatic carbocycles.